The van der Waals surface area contributed by atoms with Gasteiger partial charge in [-0.15, -0.1) is 0 Å². The first-order valence-corrected chi connectivity index (χ1v) is 11.0. The van der Waals surface area contributed by atoms with Gasteiger partial charge in [-0.1, -0.05) is 61.5 Å². The second kappa shape index (κ2) is 10.5. The number of benzene rings is 2. The molecule has 0 aliphatic heterocycles. The van der Waals surface area contributed by atoms with Gasteiger partial charge in [0.2, 0.25) is 0 Å². The number of fused-ring (bicyclic) bond motifs is 1. The molecule has 2 N–H and O–H groups in total. The number of anilines is 1. The molecule has 0 aliphatic carbocycles. The van der Waals surface area contributed by atoms with Gasteiger partial charge in [0.15, 0.2) is 5.65 Å². The van der Waals surface area contributed by atoms with Crippen LogP contribution in [0.25, 0.3) is 22.4 Å². The molecule has 0 radical (unpaired) electrons. The number of rotatable bonds is 8. The average molecular weight is 426 g/mol. The number of carbonyl (C=O) groups excluding carboxylic acids is 1. The fourth-order valence-electron chi connectivity index (χ4n) is 3.48. The van der Waals surface area contributed by atoms with E-state index in [0.717, 1.165) is 36.9 Å². The molecule has 2 aromatic carbocycles. The first kappa shape index (κ1) is 21.4. The van der Waals surface area contributed by atoms with Crippen LogP contribution in [0.4, 0.5) is 10.6 Å². The van der Waals surface area contributed by atoms with E-state index in [1.54, 1.807) is 12.3 Å². The molecule has 0 saturated heterocycles. The number of hydrogen-bond acceptors (Lipinski definition) is 4. The molecule has 2 amide bonds. The van der Waals surface area contributed by atoms with Gasteiger partial charge in [-0.3, -0.25) is 10.3 Å². The molecule has 162 valence electrons. The molecule has 6 nitrogen and oxygen atoms in total. The highest BCUT2D eigenvalue weighted by atomic mass is 16.2. The molecule has 0 saturated carbocycles. The van der Waals surface area contributed by atoms with E-state index in [9.17, 15) is 4.79 Å². The van der Waals surface area contributed by atoms with Gasteiger partial charge in [-0.05, 0) is 48.9 Å². The number of nitrogens with one attached hydrogen (secondary N) is 2. The maximum Gasteiger partial charge on any atom is 0.320 e. The number of nitrogens with zero attached hydrogens (tertiary/aromatic N) is 3. The number of aryl methyl sites for hydroxylation is 2. The number of urea groups is 1. The second-order valence-electron chi connectivity index (χ2n) is 7.67. The molecular weight excluding hydrogens is 398 g/mol. The van der Waals surface area contributed by atoms with Gasteiger partial charge in [-0.2, -0.15) is 0 Å². The lowest BCUT2D eigenvalue weighted by molar-refractivity contribution is 0.252. The summed E-state index contributed by atoms with van der Waals surface area (Å²) < 4.78 is 0. The minimum absolute atomic E-state index is 0.268. The summed E-state index contributed by atoms with van der Waals surface area (Å²) in [5, 5.41) is 5.68. The Balaban J connectivity index is 1.32. The standard InChI is InChI=1S/C26H27N5O/c1-2-19-11-13-21(14-12-19)23-18-28-22-15-16-24(30-25(22)29-23)31-26(32)27-17-7-6-10-20-8-4-3-5-9-20/h3-5,8-9,11-16,18H,2,6-7,10,17H2,1H3,(H2,27,29,30,31,32). The van der Waals surface area contributed by atoms with Crippen LogP contribution in [0.15, 0.2) is 72.9 Å². The van der Waals surface area contributed by atoms with Crippen molar-refractivity contribution in [3.63, 3.8) is 0 Å². The lowest BCUT2D eigenvalue weighted by Crippen LogP contribution is -2.29. The summed E-state index contributed by atoms with van der Waals surface area (Å²) in [6.45, 7) is 2.74. The third-order valence-electron chi connectivity index (χ3n) is 5.33. The van der Waals surface area contributed by atoms with Crippen molar-refractivity contribution in [2.75, 3.05) is 11.9 Å². The van der Waals surface area contributed by atoms with E-state index < -0.39 is 0 Å². The van der Waals surface area contributed by atoms with Crippen LogP contribution >= 0.6 is 0 Å². The minimum atomic E-state index is -0.268. The Morgan fingerprint density at radius 1 is 0.875 bits per heavy atom. The average Bonchev–Trinajstić information content (AvgIpc) is 2.84. The zero-order valence-electron chi connectivity index (χ0n) is 18.2. The summed E-state index contributed by atoms with van der Waals surface area (Å²) in [7, 11) is 0. The largest absolute Gasteiger partial charge is 0.338 e. The molecule has 4 aromatic rings. The van der Waals surface area contributed by atoms with E-state index in [0.29, 0.717) is 23.5 Å². The van der Waals surface area contributed by atoms with Gasteiger partial charge in [0, 0.05) is 12.1 Å². The molecule has 0 spiro atoms. The summed E-state index contributed by atoms with van der Waals surface area (Å²) in [6.07, 6.45) is 5.70. The molecular formula is C26H27N5O. The van der Waals surface area contributed by atoms with Crippen molar-refractivity contribution in [3.8, 4) is 11.3 Å². The lowest BCUT2D eigenvalue weighted by atomic mass is 10.1. The van der Waals surface area contributed by atoms with Crippen LogP contribution in [0.3, 0.4) is 0 Å². The maximum absolute atomic E-state index is 12.2. The molecule has 6 heteroatoms. The SMILES string of the molecule is CCc1ccc(-c2cnc3ccc(NC(=O)NCCCCc4ccccc4)nc3n2)cc1. The first-order valence-electron chi connectivity index (χ1n) is 11.0. The molecule has 32 heavy (non-hydrogen) atoms. The Bertz CT molecular complexity index is 1180. The van der Waals surface area contributed by atoms with Crippen molar-refractivity contribution < 1.29 is 4.79 Å². The smallest absolute Gasteiger partial charge is 0.320 e. The van der Waals surface area contributed by atoms with E-state index in [4.69, 9.17) is 0 Å². The quantitative estimate of drug-likeness (QED) is 0.371. The van der Waals surface area contributed by atoms with E-state index in [1.807, 2.05) is 36.4 Å². The van der Waals surface area contributed by atoms with Gasteiger partial charge in [0.1, 0.15) is 11.3 Å². The normalized spacial score (nSPS) is 10.8. The van der Waals surface area contributed by atoms with Crippen molar-refractivity contribution in [2.45, 2.75) is 32.6 Å². The second-order valence-corrected chi connectivity index (χ2v) is 7.67. The summed E-state index contributed by atoms with van der Waals surface area (Å²) in [6, 6.07) is 21.9. The van der Waals surface area contributed by atoms with Gasteiger partial charge < -0.3 is 5.32 Å². The van der Waals surface area contributed by atoms with Gasteiger partial charge >= 0.3 is 6.03 Å². The van der Waals surface area contributed by atoms with Gasteiger partial charge in [0.25, 0.3) is 0 Å². The van der Waals surface area contributed by atoms with E-state index in [1.165, 1.54) is 11.1 Å². The van der Waals surface area contributed by atoms with Gasteiger partial charge in [0.05, 0.1) is 11.9 Å². The van der Waals surface area contributed by atoms with E-state index in [2.05, 4.69) is 56.8 Å². The summed E-state index contributed by atoms with van der Waals surface area (Å²) >= 11 is 0. The fraction of sp³-hybridized carbons (Fsp3) is 0.231. The number of aromatic nitrogens is 3. The van der Waals surface area contributed by atoms with E-state index in [-0.39, 0.29) is 6.03 Å². The Hall–Kier alpha value is -3.80. The van der Waals surface area contributed by atoms with Crippen LogP contribution in [-0.2, 0) is 12.8 Å². The van der Waals surface area contributed by atoms with Crippen molar-refractivity contribution in [2.24, 2.45) is 0 Å². The van der Waals surface area contributed by atoms with Crippen LogP contribution in [0.5, 0.6) is 0 Å². The molecule has 2 aromatic heterocycles. The zero-order chi connectivity index (χ0) is 22.2. The van der Waals surface area contributed by atoms with Crippen LogP contribution in [0.2, 0.25) is 0 Å². The highest BCUT2D eigenvalue weighted by Gasteiger charge is 2.07. The predicted octanol–water partition coefficient (Wildman–Crippen LogP) is 5.40. The maximum atomic E-state index is 12.2. The number of amides is 2. The van der Waals surface area contributed by atoms with Gasteiger partial charge in [-0.25, -0.2) is 14.8 Å². The molecule has 0 atom stereocenters. The van der Waals surface area contributed by atoms with Crippen molar-refractivity contribution in [3.05, 3.63) is 84.1 Å². The third kappa shape index (κ3) is 5.66. The lowest BCUT2D eigenvalue weighted by Gasteiger charge is -2.08. The zero-order valence-corrected chi connectivity index (χ0v) is 18.2. The van der Waals surface area contributed by atoms with Crippen LogP contribution < -0.4 is 10.6 Å². The van der Waals surface area contributed by atoms with Crippen molar-refractivity contribution in [1.29, 1.82) is 0 Å². The molecule has 2 heterocycles. The predicted molar refractivity (Wildman–Crippen MR) is 129 cm³/mol. The molecule has 4 rings (SSSR count). The highest BCUT2D eigenvalue weighted by Crippen LogP contribution is 2.20. The minimum Gasteiger partial charge on any atom is -0.338 e. The molecule has 0 bridgehead atoms. The highest BCUT2D eigenvalue weighted by molar-refractivity contribution is 5.89. The van der Waals surface area contributed by atoms with Crippen LogP contribution in [0.1, 0.15) is 30.9 Å². The summed E-state index contributed by atoms with van der Waals surface area (Å²) in [5.74, 6) is 0.451. The molecule has 0 fully saturated rings. The fourth-order valence-corrected chi connectivity index (χ4v) is 3.48. The number of unbranched alkanes of at least 4 members (excludes halogenated alkanes) is 1. The summed E-state index contributed by atoms with van der Waals surface area (Å²) in [5.41, 5.74) is 5.53. The Kier molecular flexibility index (Phi) is 7.02. The number of carbonyl (C=O) groups is 1. The van der Waals surface area contributed by atoms with Crippen molar-refractivity contribution >= 4 is 23.0 Å². The van der Waals surface area contributed by atoms with E-state index >= 15 is 0 Å². The summed E-state index contributed by atoms with van der Waals surface area (Å²) in [4.78, 5) is 25.8. The topological polar surface area (TPSA) is 79.8 Å². The Labute approximate surface area is 188 Å². The van der Waals surface area contributed by atoms with Crippen LogP contribution in [0, 0.1) is 0 Å². The third-order valence-corrected chi connectivity index (χ3v) is 5.33. The first-order chi connectivity index (χ1) is 15.7. The number of pyridine rings is 1. The van der Waals surface area contributed by atoms with Crippen molar-refractivity contribution in [1.82, 2.24) is 20.3 Å². The van der Waals surface area contributed by atoms with Crippen LogP contribution in [-0.4, -0.2) is 27.5 Å². The Morgan fingerprint density at radius 2 is 1.69 bits per heavy atom. The molecule has 0 unspecified atom stereocenters. The monoisotopic (exact) mass is 425 g/mol. The number of hydrogen-bond donors (Lipinski definition) is 2. The molecule has 0 aliphatic rings. The Morgan fingerprint density at radius 3 is 2.47 bits per heavy atom.